The van der Waals surface area contributed by atoms with Crippen molar-refractivity contribution >= 4 is 12.6 Å². The molecule has 1 fully saturated rings. The summed E-state index contributed by atoms with van der Waals surface area (Å²) in [5.74, 6) is 0. The lowest BCUT2D eigenvalue weighted by atomic mass is 9.75. The highest BCUT2D eigenvalue weighted by molar-refractivity contribution is 6.62. The van der Waals surface area contributed by atoms with Crippen LogP contribution in [-0.2, 0) is 20.5 Å². The molecule has 0 amide bonds. The number of ether oxygens (including phenoxy) is 1. The minimum Gasteiger partial charge on any atom is -0.401 e. The van der Waals surface area contributed by atoms with Crippen molar-refractivity contribution < 1.29 is 14.0 Å². The van der Waals surface area contributed by atoms with E-state index in [1.165, 1.54) is 11.1 Å². The Morgan fingerprint density at radius 3 is 2.73 bits per heavy atom. The summed E-state index contributed by atoms with van der Waals surface area (Å²) in [6.45, 7) is 2.05. The van der Waals surface area contributed by atoms with Gasteiger partial charge in [0.25, 0.3) is 0 Å². The van der Waals surface area contributed by atoms with Crippen molar-refractivity contribution in [2.75, 3.05) is 7.11 Å². The first-order valence-corrected chi connectivity index (χ1v) is 7.78. The molecule has 4 rings (SSSR count). The third-order valence-electron chi connectivity index (χ3n) is 4.73. The fourth-order valence-corrected chi connectivity index (χ4v) is 3.50. The normalized spacial score (nSPS) is 24.2. The largest absolute Gasteiger partial charge is 0.495 e. The summed E-state index contributed by atoms with van der Waals surface area (Å²) in [4.78, 5) is 0. The van der Waals surface area contributed by atoms with E-state index in [4.69, 9.17) is 14.0 Å². The SMILES string of the molecule is CO[C@@H](C)c1ccccc1B1O[C@H]2Cc3ccccc3[C@H]2O1. The number of benzene rings is 2. The molecule has 0 unspecified atom stereocenters. The summed E-state index contributed by atoms with van der Waals surface area (Å²) in [6, 6.07) is 16.7. The van der Waals surface area contributed by atoms with Crippen LogP contribution in [0.1, 0.15) is 35.8 Å². The maximum atomic E-state index is 6.26. The van der Waals surface area contributed by atoms with E-state index in [0.29, 0.717) is 0 Å². The summed E-state index contributed by atoms with van der Waals surface area (Å²) in [5, 5.41) is 0. The highest BCUT2D eigenvalue weighted by atomic mass is 16.7. The molecule has 2 aromatic rings. The maximum Gasteiger partial charge on any atom is 0.495 e. The van der Waals surface area contributed by atoms with Gasteiger partial charge in [0, 0.05) is 13.5 Å². The molecule has 0 radical (unpaired) electrons. The van der Waals surface area contributed by atoms with Crippen LogP contribution in [0.3, 0.4) is 0 Å². The molecule has 0 saturated carbocycles. The van der Waals surface area contributed by atoms with Gasteiger partial charge in [-0.15, -0.1) is 0 Å². The van der Waals surface area contributed by atoms with Crippen LogP contribution in [0.2, 0.25) is 0 Å². The molecule has 2 aliphatic rings. The fourth-order valence-electron chi connectivity index (χ4n) is 3.50. The van der Waals surface area contributed by atoms with Crippen LogP contribution in [0.4, 0.5) is 0 Å². The summed E-state index contributed by atoms with van der Waals surface area (Å²) in [6.07, 6.45) is 1.12. The van der Waals surface area contributed by atoms with E-state index in [2.05, 4.69) is 36.4 Å². The smallest absolute Gasteiger partial charge is 0.401 e. The van der Waals surface area contributed by atoms with E-state index >= 15 is 0 Å². The van der Waals surface area contributed by atoms with Crippen LogP contribution in [0.15, 0.2) is 48.5 Å². The van der Waals surface area contributed by atoms with Gasteiger partial charge in [-0.05, 0) is 29.1 Å². The minimum atomic E-state index is -0.308. The third kappa shape index (κ3) is 2.19. The summed E-state index contributed by atoms with van der Waals surface area (Å²) >= 11 is 0. The zero-order chi connectivity index (χ0) is 15.1. The maximum absolute atomic E-state index is 6.26. The van der Waals surface area contributed by atoms with Gasteiger partial charge >= 0.3 is 7.12 Å². The van der Waals surface area contributed by atoms with E-state index in [1.807, 2.05) is 19.1 Å². The summed E-state index contributed by atoms with van der Waals surface area (Å²) in [5.41, 5.74) is 4.81. The molecule has 1 aliphatic heterocycles. The highest BCUT2D eigenvalue weighted by Gasteiger charge is 2.46. The fraction of sp³-hybridized carbons (Fsp3) is 0.333. The van der Waals surface area contributed by atoms with Crippen molar-refractivity contribution in [2.45, 2.75) is 31.7 Å². The molecular formula is C18H19BO3. The van der Waals surface area contributed by atoms with Crippen molar-refractivity contribution in [1.82, 2.24) is 0 Å². The van der Waals surface area contributed by atoms with E-state index in [1.54, 1.807) is 7.11 Å². The first-order valence-electron chi connectivity index (χ1n) is 7.78. The van der Waals surface area contributed by atoms with Gasteiger partial charge in [0.2, 0.25) is 0 Å². The average Bonchev–Trinajstić information content (AvgIpc) is 3.12. The second-order valence-electron chi connectivity index (χ2n) is 5.97. The predicted molar refractivity (Wildman–Crippen MR) is 86.1 cm³/mol. The molecule has 0 N–H and O–H groups in total. The van der Waals surface area contributed by atoms with E-state index in [-0.39, 0.29) is 25.4 Å². The molecule has 2 aromatic carbocycles. The lowest BCUT2D eigenvalue weighted by Crippen LogP contribution is -2.36. The van der Waals surface area contributed by atoms with Crippen LogP contribution in [0.5, 0.6) is 0 Å². The summed E-state index contributed by atoms with van der Waals surface area (Å²) < 4.78 is 17.9. The van der Waals surface area contributed by atoms with Gasteiger partial charge < -0.3 is 14.0 Å². The zero-order valence-electron chi connectivity index (χ0n) is 12.9. The second-order valence-corrected chi connectivity index (χ2v) is 5.97. The van der Waals surface area contributed by atoms with Crippen molar-refractivity contribution in [2.24, 2.45) is 0 Å². The topological polar surface area (TPSA) is 27.7 Å². The van der Waals surface area contributed by atoms with Gasteiger partial charge in [-0.3, -0.25) is 0 Å². The Bertz CT molecular complexity index is 688. The van der Waals surface area contributed by atoms with Crippen molar-refractivity contribution in [3.63, 3.8) is 0 Å². The van der Waals surface area contributed by atoms with Gasteiger partial charge in [0.15, 0.2) is 0 Å². The van der Waals surface area contributed by atoms with Crippen LogP contribution in [0.25, 0.3) is 0 Å². The molecular weight excluding hydrogens is 275 g/mol. The first-order chi connectivity index (χ1) is 10.8. The van der Waals surface area contributed by atoms with Crippen LogP contribution in [0, 0.1) is 0 Å². The Kier molecular flexibility index (Phi) is 3.53. The van der Waals surface area contributed by atoms with Crippen molar-refractivity contribution in [3.05, 3.63) is 65.2 Å². The van der Waals surface area contributed by atoms with Gasteiger partial charge in [-0.25, -0.2) is 0 Å². The Labute approximate surface area is 131 Å². The number of rotatable bonds is 3. The molecule has 4 heteroatoms. The molecule has 1 aliphatic carbocycles. The van der Waals surface area contributed by atoms with E-state index in [0.717, 1.165) is 17.4 Å². The summed E-state index contributed by atoms with van der Waals surface area (Å²) in [7, 11) is 1.42. The molecule has 0 aromatic heterocycles. The number of fused-ring (bicyclic) bond motifs is 3. The quantitative estimate of drug-likeness (QED) is 0.815. The van der Waals surface area contributed by atoms with Crippen molar-refractivity contribution in [3.8, 4) is 0 Å². The zero-order valence-corrected chi connectivity index (χ0v) is 12.9. The lowest BCUT2D eigenvalue weighted by molar-refractivity contribution is 0.120. The Morgan fingerprint density at radius 1 is 1.09 bits per heavy atom. The predicted octanol–water partition coefficient (Wildman–Crippen LogP) is 2.80. The van der Waals surface area contributed by atoms with Crippen LogP contribution >= 0.6 is 0 Å². The van der Waals surface area contributed by atoms with Crippen LogP contribution in [-0.4, -0.2) is 20.3 Å². The van der Waals surface area contributed by atoms with Gasteiger partial charge in [0.05, 0.1) is 18.3 Å². The molecule has 3 nitrogen and oxygen atoms in total. The molecule has 1 heterocycles. The molecule has 1 saturated heterocycles. The van der Waals surface area contributed by atoms with Crippen LogP contribution < -0.4 is 5.46 Å². The van der Waals surface area contributed by atoms with Gasteiger partial charge in [-0.2, -0.15) is 0 Å². The first kappa shape index (κ1) is 14.0. The van der Waals surface area contributed by atoms with E-state index < -0.39 is 0 Å². The lowest BCUT2D eigenvalue weighted by Gasteiger charge is -2.17. The second kappa shape index (κ2) is 5.54. The third-order valence-corrected chi connectivity index (χ3v) is 4.73. The molecule has 3 atom stereocenters. The highest BCUT2D eigenvalue weighted by Crippen LogP contribution is 2.41. The monoisotopic (exact) mass is 294 g/mol. The Hall–Kier alpha value is -1.62. The van der Waals surface area contributed by atoms with Gasteiger partial charge in [0.1, 0.15) is 0 Å². The minimum absolute atomic E-state index is 0.0242. The number of hydrogen-bond acceptors (Lipinski definition) is 3. The standard InChI is InChI=1S/C18H19BO3/c1-12(20-2)14-8-5-6-10-16(14)19-21-17-11-13-7-3-4-9-15(13)18(17)22-19/h3-10,12,17-18H,11H2,1-2H3/t12-,17-,18+/m0/s1. The van der Waals surface area contributed by atoms with Crippen molar-refractivity contribution in [1.29, 1.82) is 0 Å². The molecule has 0 spiro atoms. The number of hydrogen-bond donors (Lipinski definition) is 0. The average molecular weight is 294 g/mol. The molecule has 22 heavy (non-hydrogen) atoms. The Balaban J connectivity index is 1.63. The molecule has 0 bridgehead atoms. The Morgan fingerprint density at radius 2 is 1.86 bits per heavy atom. The van der Waals surface area contributed by atoms with Gasteiger partial charge in [-0.1, -0.05) is 48.5 Å². The molecule has 112 valence electrons. The number of methoxy groups -OCH3 is 1. The van der Waals surface area contributed by atoms with E-state index in [9.17, 15) is 0 Å².